The molecule has 2 atom stereocenters. The fraction of sp³-hybridized carbons (Fsp3) is 0.143. The van der Waals surface area contributed by atoms with Gasteiger partial charge in [0.1, 0.15) is 11.5 Å². The van der Waals surface area contributed by atoms with E-state index >= 15 is 0 Å². The van der Waals surface area contributed by atoms with Crippen molar-refractivity contribution in [3.8, 4) is 11.5 Å². The van der Waals surface area contributed by atoms with Gasteiger partial charge in [-0.1, -0.05) is 57.9 Å². The van der Waals surface area contributed by atoms with Gasteiger partial charge < -0.3 is 9.05 Å². The highest BCUT2D eigenvalue weighted by Gasteiger charge is 2.44. The summed E-state index contributed by atoms with van der Waals surface area (Å²) in [5, 5.41) is 0.583. The molecule has 3 aromatic rings. The lowest BCUT2D eigenvalue weighted by Gasteiger charge is -2.38. The summed E-state index contributed by atoms with van der Waals surface area (Å²) in [5.41, 5.74) is 1.98. The summed E-state index contributed by atoms with van der Waals surface area (Å²) in [5.74, 6) is 1.01. The number of fused-ring (bicyclic) bond motifs is 1. The van der Waals surface area contributed by atoms with E-state index in [0.717, 1.165) is 15.6 Å². The molecule has 0 fully saturated rings. The van der Waals surface area contributed by atoms with Crippen LogP contribution in [-0.4, -0.2) is 4.67 Å². The summed E-state index contributed by atoms with van der Waals surface area (Å²) >= 11 is 9.45. The van der Waals surface area contributed by atoms with Crippen LogP contribution in [0.25, 0.3) is 0 Å². The molecule has 1 aliphatic heterocycles. The number of halogens is 2. The van der Waals surface area contributed by atoms with E-state index in [9.17, 15) is 4.57 Å². The quantitative estimate of drug-likeness (QED) is 0.370. The van der Waals surface area contributed by atoms with Crippen molar-refractivity contribution in [3.05, 3.63) is 93.4 Å². The molecule has 0 spiro atoms. The first kappa shape index (κ1) is 19.5. The van der Waals surface area contributed by atoms with Crippen LogP contribution in [0.15, 0.2) is 77.3 Å². The third-order valence-corrected chi connectivity index (χ3v) is 7.38. The van der Waals surface area contributed by atoms with Crippen molar-refractivity contribution < 1.29 is 13.6 Å². The zero-order chi connectivity index (χ0) is 19.7. The van der Waals surface area contributed by atoms with Crippen LogP contribution in [0.5, 0.6) is 11.5 Å². The van der Waals surface area contributed by atoms with Gasteiger partial charge in [0, 0.05) is 27.6 Å². The van der Waals surface area contributed by atoms with E-state index in [0.29, 0.717) is 23.1 Å². The molecule has 4 nitrogen and oxygen atoms in total. The van der Waals surface area contributed by atoms with Crippen molar-refractivity contribution in [2.24, 2.45) is 0 Å². The Balaban J connectivity index is 1.74. The normalized spacial score (nSPS) is 20.1. The third-order valence-electron chi connectivity index (χ3n) is 4.65. The summed E-state index contributed by atoms with van der Waals surface area (Å²) in [7, 11) is -3.65. The van der Waals surface area contributed by atoms with Gasteiger partial charge in [0.05, 0.1) is 0 Å². The fourth-order valence-corrected chi connectivity index (χ4v) is 5.63. The average Bonchev–Trinajstić information content (AvgIpc) is 2.70. The molecule has 0 N–H and O–H groups in total. The molecule has 2 unspecified atom stereocenters. The van der Waals surface area contributed by atoms with Gasteiger partial charge in [0.2, 0.25) is 0 Å². The molecule has 0 amide bonds. The van der Waals surface area contributed by atoms with E-state index in [4.69, 9.17) is 20.6 Å². The Morgan fingerprint density at radius 3 is 2.54 bits per heavy atom. The molecular weight excluding hydrogens is 461 g/mol. The number of hydrogen-bond acceptors (Lipinski definition) is 3. The zero-order valence-corrected chi connectivity index (χ0v) is 18.3. The number of hydrogen-bond donors (Lipinski definition) is 0. The van der Waals surface area contributed by atoms with Gasteiger partial charge in [-0.25, -0.2) is 4.57 Å². The zero-order valence-electron chi connectivity index (χ0n) is 15.1. The summed E-state index contributed by atoms with van der Waals surface area (Å²) < 4.78 is 28.5. The molecule has 1 aliphatic rings. The molecule has 144 valence electrons. The van der Waals surface area contributed by atoms with Crippen molar-refractivity contribution in [2.45, 2.75) is 19.5 Å². The highest BCUT2D eigenvalue weighted by Crippen LogP contribution is 2.59. The third kappa shape index (κ3) is 3.99. The Morgan fingerprint density at radius 1 is 1.11 bits per heavy atom. The van der Waals surface area contributed by atoms with E-state index in [1.165, 1.54) is 0 Å². The van der Waals surface area contributed by atoms with Crippen LogP contribution in [0.4, 0.5) is 0 Å². The largest absolute Gasteiger partial charge is 0.516 e. The van der Waals surface area contributed by atoms with Crippen LogP contribution in [0.3, 0.4) is 0 Å². The molecule has 0 radical (unpaired) electrons. The minimum absolute atomic E-state index is 0.175. The molecule has 28 heavy (non-hydrogen) atoms. The summed E-state index contributed by atoms with van der Waals surface area (Å²) in [6.45, 7) is 2.44. The molecule has 4 rings (SSSR count). The van der Waals surface area contributed by atoms with E-state index in [-0.39, 0.29) is 6.04 Å². The van der Waals surface area contributed by atoms with E-state index in [1.807, 2.05) is 55.5 Å². The Morgan fingerprint density at radius 2 is 1.82 bits per heavy atom. The Bertz CT molecular complexity index is 1030. The van der Waals surface area contributed by atoms with Gasteiger partial charge in [-0.3, -0.25) is 0 Å². The molecule has 0 aliphatic carbocycles. The van der Waals surface area contributed by atoms with Crippen LogP contribution >= 0.6 is 35.3 Å². The SMILES string of the molecule is CC(c1ccccc1)N1Cc2cc(Br)ccc2OP1(=O)Oc1ccc(Cl)cc1. The minimum atomic E-state index is -3.65. The highest BCUT2D eigenvalue weighted by atomic mass is 79.9. The van der Waals surface area contributed by atoms with Crippen molar-refractivity contribution in [2.75, 3.05) is 0 Å². The first-order chi connectivity index (χ1) is 13.4. The number of rotatable bonds is 4. The second-order valence-corrected chi connectivity index (χ2v) is 9.71. The second-order valence-electron chi connectivity index (χ2n) is 6.54. The summed E-state index contributed by atoms with van der Waals surface area (Å²) in [6.07, 6.45) is 0. The maximum absolute atomic E-state index is 13.9. The van der Waals surface area contributed by atoms with Gasteiger partial charge in [-0.05, 0) is 55.0 Å². The van der Waals surface area contributed by atoms with Crippen molar-refractivity contribution in [3.63, 3.8) is 0 Å². The first-order valence-corrected chi connectivity index (χ1v) is 11.5. The second kappa shape index (κ2) is 7.92. The molecule has 0 saturated carbocycles. The minimum Gasteiger partial charge on any atom is -0.404 e. The number of benzene rings is 3. The van der Waals surface area contributed by atoms with E-state index in [2.05, 4.69) is 15.9 Å². The number of nitrogens with zero attached hydrogens (tertiary/aromatic N) is 1. The maximum atomic E-state index is 13.9. The van der Waals surface area contributed by atoms with Crippen LogP contribution < -0.4 is 9.05 Å². The topological polar surface area (TPSA) is 38.8 Å². The molecule has 3 aromatic carbocycles. The average molecular weight is 479 g/mol. The molecule has 7 heteroatoms. The molecule has 0 aromatic heterocycles. The lowest BCUT2D eigenvalue weighted by molar-refractivity contribution is 0.223. The van der Waals surface area contributed by atoms with Crippen molar-refractivity contribution in [1.82, 2.24) is 4.67 Å². The summed E-state index contributed by atoms with van der Waals surface area (Å²) in [6, 6.07) is 22.1. The predicted molar refractivity (Wildman–Crippen MR) is 115 cm³/mol. The molecular formula is C21H18BrClNO3P. The van der Waals surface area contributed by atoms with E-state index in [1.54, 1.807) is 28.9 Å². The maximum Gasteiger partial charge on any atom is 0.516 e. The van der Waals surface area contributed by atoms with Gasteiger partial charge in [-0.15, -0.1) is 0 Å². The Hall–Kier alpha value is -1.78. The van der Waals surface area contributed by atoms with Crippen LogP contribution in [0.1, 0.15) is 24.1 Å². The van der Waals surface area contributed by atoms with Gasteiger partial charge in [0.15, 0.2) is 0 Å². The molecule has 0 saturated heterocycles. The van der Waals surface area contributed by atoms with Crippen molar-refractivity contribution in [1.29, 1.82) is 0 Å². The van der Waals surface area contributed by atoms with E-state index < -0.39 is 7.75 Å². The lowest BCUT2D eigenvalue weighted by atomic mass is 10.1. The van der Waals surface area contributed by atoms with Crippen LogP contribution in [0, 0.1) is 0 Å². The Kier molecular flexibility index (Phi) is 5.52. The smallest absolute Gasteiger partial charge is 0.404 e. The molecule has 0 bridgehead atoms. The highest BCUT2D eigenvalue weighted by molar-refractivity contribution is 9.10. The monoisotopic (exact) mass is 477 g/mol. The first-order valence-electron chi connectivity index (χ1n) is 8.80. The predicted octanol–water partition coefficient (Wildman–Crippen LogP) is 7.25. The lowest BCUT2D eigenvalue weighted by Crippen LogP contribution is -2.31. The van der Waals surface area contributed by atoms with Crippen LogP contribution in [-0.2, 0) is 11.1 Å². The Labute approximate surface area is 177 Å². The van der Waals surface area contributed by atoms with Gasteiger partial charge in [0.25, 0.3) is 0 Å². The van der Waals surface area contributed by atoms with Crippen molar-refractivity contribution >= 4 is 35.3 Å². The van der Waals surface area contributed by atoms with Crippen LogP contribution in [0.2, 0.25) is 5.02 Å². The van der Waals surface area contributed by atoms with Gasteiger partial charge in [-0.2, -0.15) is 4.67 Å². The standard InChI is InChI=1S/C21H18BrClNO3P/c1-15(16-5-3-2-4-6-16)24-14-17-13-18(22)7-12-21(17)27-28(24,25)26-20-10-8-19(23)9-11-20/h2-13,15H,14H2,1H3. The van der Waals surface area contributed by atoms with Gasteiger partial charge >= 0.3 is 7.75 Å². The molecule has 1 heterocycles. The fourth-order valence-electron chi connectivity index (χ4n) is 3.15. The summed E-state index contributed by atoms with van der Waals surface area (Å²) in [4.78, 5) is 0.